The number of anilines is 2. The van der Waals surface area contributed by atoms with Crippen LogP contribution in [0.15, 0.2) is 9.59 Å². The largest absolute Gasteiger partial charge is 0.379 e. The number of likely N-dealkylation sites (N-methyl/N-ethyl adjacent to an activating group) is 1. The second-order valence-electron chi connectivity index (χ2n) is 8.28. The first-order chi connectivity index (χ1) is 10.5. The Kier molecular flexibility index (Phi) is 4.87. The van der Waals surface area contributed by atoms with Gasteiger partial charge in [0.1, 0.15) is 11.4 Å². The average molecular weight is 322 g/mol. The van der Waals surface area contributed by atoms with Crippen molar-refractivity contribution in [2.75, 3.05) is 37.8 Å². The molecule has 0 spiro atoms. The van der Waals surface area contributed by atoms with Crippen LogP contribution in [0.1, 0.15) is 40.5 Å². The highest BCUT2D eigenvalue weighted by Gasteiger charge is 2.38. The van der Waals surface area contributed by atoms with E-state index in [0.717, 1.165) is 19.4 Å². The fourth-order valence-electron chi connectivity index (χ4n) is 3.73. The predicted octanol–water partition coefficient (Wildman–Crippen LogP) is 0.977. The maximum atomic E-state index is 11.9. The summed E-state index contributed by atoms with van der Waals surface area (Å²) in [6.45, 7) is 10.1. The van der Waals surface area contributed by atoms with Gasteiger partial charge in [-0.3, -0.25) is 9.59 Å². The monoisotopic (exact) mass is 322 g/mol. The second-order valence-corrected chi connectivity index (χ2v) is 8.28. The van der Waals surface area contributed by atoms with Gasteiger partial charge in [0.2, 0.25) is 0 Å². The molecule has 6 nitrogen and oxygen atoms in total. The van der Waals surface area contributed by atoms with Gasteiger partial charge in [-0.15, -0.1) is 0 Å². The molecule has 0 bridgehead atoms. The summed E-state index contributed by atoms with van der Waals surface area (Å²) in [5.41, 5.74) is 0.105. The van der Waals surface area contributed by atoms with E-state index in [1.54, 1.807) is 0 Å². The van der Waals surface area contributed by atoms with E-state index < -0.39 is 10.9 Å². The van der Waals surface area contributed by atoms with Crippen molar-refractivity contribution in [2.24, 2.45) is 0 Å². The van der Waals surface area contributed by atoms with Gasteiger partial charge in [0, 0.05) is 30.2 Å². The smallest absolute Gasteiger partial charge is 0.253 e. The van der Waals surface area contributed by atoms with Crippen molar-refractivity contribution in [3.05, 3.63) is 20.4 Å². The number of nitrogens with one attached hydrogen (secondary N) is 3. The molecular formula is C17H30N4O2. The molecule has 0 unspecified atom stereocenters. The van der Waals surface area contributed by atoms with Crippen molar-refractivity contribution in [1.82, 2.24) is 10.2 Å². The summed E-state index contributed by atoms with van der Waals surface area (Å²) in [6, 6.07) is 0.180. The first-order valence-electron chi connectivity index (χ1n) is 8.28. The number of piperidine rings is 1. The first-order valence-corrected chi connectivity index (χ1v) is 8.28. The molecule has 6 heteroatoms. The van der Waals surface area contributed by atoms with Crippen molar-refractivity contribution in [3.8, 4) is 0 Å². The van der Waals surface area contributed by atoms with Gasteiger partial charge in [-0.25, -0.2) is 0 Å². The lowest BCUT2D eigenvalue weighted by molar-refractivity contribution is 0.170. The highest BCUT2D eigenvalue weighted by molar-refractivity contribution is 5.74. The Morgan fingerprint density at radius 3 is 2.09 bits per heavy atom. The molecule has 1 aliphatic rings. The Bertz CT molecular complexity index is 611. The second kappa shape index (κ2) is 6.24. The Balaban J connectivity index is 2.07. The fourth-order valence-corrected chi connectivity index (χ4v) is 3.73. The fraction of sp³-hybridized carbons (Fsp3) is 0.765. The number of hydrogen-bond acceptors (Lipinski definition) is 6. The van der Waals surface area contributed by atoms with Gasteiger partial charge in [-0.05, 0) is 54.6 Å². The molecule has 1 saturated heterocycles. The topological polar surface area (TPSA) is 73.5 Å². The highest BCUT2D eigenvalue weighted by Crippen LogP contribution is 2.31. The summed E-state index contributed by atoms with van der Waals surface area (Å²) in [6.07, 6.45) is 1.82. The van der Waals surface area contributed by atoms with E-state index in [0.29, 0.717) is 17.9 Å². The van der Waals surface area contributed by atoms with Crippen LogP contribution in [0, 0.1) is 0 Å². The molecule has 0 atom stereocenters. The van der Waals surface area contributed by atoms with Gasteiger partial charge in [0.15, 0.2) is 0 Å². The predicted molar refractivity (Wildman–Crippen MR) is 96.3 cm³/mol. The minimum atomic E-state index is -0.404. The molecule has 0 radical (unpaired) electrons. The molecule has 23 heavy (non-hydrogen) atoms. The quantitative estimate of drug-likeness (QED) is 0.678. The van der Waals surface area contributed by atoms with E-state index in [-0.39, 0.29) is 17.1 Å². The third kappa shape index (κ3) is 4.32. The van der Waals surface area contributed by atoms with Crippen LogP contribution < -0.4 is 26.8 Å². The molecule has 1 fully saturated rings. The molecular weight excluding hydrogens is 292 g/mol. The summed E-state index contributed by atoms with van der Waals surface area (Å²) in [5.74, 6) is 0. The van der Waals surface area contributed by atoms with Crippen molar-refractivity contribution < 1.29 is 0 Å². The summed E-state index contributed by atoms with van der Waals surface area (Å²) >= 11 is 0. The van der Waals surface area contributed by atoms with E-state index in [4.69, 9.17) is 0 Å². The molecule has 3 N–H and O–H groups in total. The Labute approximate surface area is 138 Å². The average Bonchev–Trinajstić information content (AvgIpc) is 2.37. The van der Waals surface area contributed by atoms with E-state index >= 15 is 0 Å². The van der Waals surface area contributed by atoms with Crippen LogP contribution in [0.25, 0.3) is 0 Å². The number of rotatable bonds is 6. The molecule has 0 saturated carbocycles. The Hall–Kier alpha value is -1.40. The van der Waals surface area contributed by atoms with E-state index in [2.05, 4.69) is 43.6 Å². The zero-order valence-corrected chi connectivity index (χ0v) is 15.2. The molecule has 1 aromatic carbocycles. The van der Waals surface area contributed by atoms with E-state index in [1.165, 1.54) is 0 Å². The molecule has 130 valence electrons. The van der Waals surface area contributed by atoms with Crippen LogP contribution in [-0.4, -0.2) is 49.2 Å². The summed E-state index contributed by atoms with van der Waals surface area (Å²) in [5, 5.41) is 10.0. The van der Waals surface area contributed by atoms with Crippen LogP contribution >= 0.6 is 0 Å². The van der Waals surface area contributed by atoms with Crippen LogP contribution in [-0.2, 0) is 0 Å². The van der Waals surface area contributed by atoms with E-state index in [1.807, 2.05) is 19.0 Å². The summed E-state index contributed by atoms with van der Waals surface area (Å²) in [4.78, 5) is 25.8. The third-order valence-electron chi connectivity index (χ3n) is 4.31. The lowest BCUT2D eigenvalue weighted by Crippen LogP contribution is -2.60. The molecule has 1 heterocycles. The normalized spacial score (nSPS) is 20.8. The van der Waals surface area contributed by atoms with Crippen LogP contribution in [0.3, 0.4) is 0 Å². The maximum absolute atomic E-state index is 11.9. The van der Waals surface area contributed by atoms with Gasteiger partial charge in [0.05, 0.1) is 0 Å². The van der Waals surface area contributed by atoms with Gasteiger partial charge >= 0.3 is 0 Å². The minimum Gasteiger partial charge on any atom is -0.379 e. The lowest BCUT2D eigenvalue weighted by Gasteiger charge is -2.47. The molecule has 2 rings (SSSR count). The SMILES string of the molecule is CN(C)CCNc1c(NC2CC(C)(C)NC(C)(C)C2)c(=O)c1=O. The first kappa shape index (κ1) is 17.9. The van der Waals surface area contributed by atoms with Gasteiger partial charge < -0.3 is 20.9 Å². The van der Waals surface area contributed by atoms with E-state index in [9.17, 15) is 9.59 Å². The maximum Gasteiger partial charge on any atom is 0.253 e. The summed E-state index contributed by atoms with van der Waals surface area (Å²) < 4.78 is 0. The highest BCUT2D eigenvalue weighted by atomic mass is 16.2. The minimum absolute atomic E-state index is 0.00467. The van der Waals surface area contributed by atoms with Gasteiger partial charge in [0.25, 0.3) is 10.9 Å². The zero-order chi connectivity index (χ0) is 17.4. The zero-order valence-electron chi connectivity index (χ0n) is 15.2. The van der Waals surface area contributed by atoms with Crippen LogP contribution in [0.4, 0.5) is 11.4 Å². The van der Waals surface area contributed by atoms with Crippen molar-refractivity contribution >= 4 is 11.4 Å². The molecule has 1 aromatic rings. The third-order valence-corrected chi connectivity index (χ3v) is 4.31. The van der Waals surface area contributed by atoms with Crippen molar-refractivity contribution in [2.45, 2.75) is 57.7 Å². The number of nitrogens with zero attached hydrogens (tertiary/aromatic N) is 1. The molecule has 0 amide bonds. The molecule has 0 aliphatic carbocycles. The Morgan fingerprint density at radius 1 is 1.04 bits per heavy atom. The van der Waals surface area contributed by atoms with Gasteiger partial charge in [-0.2, -0.15) is 0 Å². The number of hydrogen-bond donors (Lipinski definition) is 3. The van der Waals surface area contributed by atoms with Crippen molar-refractivity contribution in [1.29, 1.82) is 0 Å². The van der Waals surface area contributed by atoms with Crippen LogP contribution in [0.2, 0.25) is 0 Å². The van der Waals surface area contributed by atoms with Gasteiger partial charge in [-0.1, -0.05) is 0 Å². The summed E-state index contributed by atoms with van der Waals surface area (Å²) in [7, 11) is 3.95. The van der Waals surface area contributed by atoms with Crippen LogP contribution in [0.5, 0.6) is 0 Å². The molecule has 1 aliphatic heterocycles. The van der Waals surface area contributed by atoms with Crippen molar-refractivity contribution in [3.63, 3.8) is 0 Å². The Morgan fingerprint density at radius 2 is 1.57 bits per heavy atom. The lowest BCUT2D eigenvalue weighted by atomic mass is 9.79. The standard InChI is InChI=1S/C17H30N4O2/c1-16(2)9-11(10-17(3,4)20-16)19-13-12(14(22)15(13)23)18-7-8-21(5)6/h11,18-20H,7-10H2,1-6H3. The molecule has 0 aromatic heterocycles.